The van der Waals surface area contributed by atoms with Gasteiger partial charge in [-0.15, -0.1) is 0 Å². The van der Waals surface area contributed by atoms with Crippen molar-refractivity contribution in [3.8, 4) is 0 Å². The van der Waals surface area contributed by atoms with Crippen molar-refractivity contribution in [2.75, 3.05) is 0 Å². The lowest BCUT2D eigenvalue weighted by Gasteiger charge is -2.31. The fourth-order valence-corrected chi connectivity index (χ4v) is 2.05. The molecule has 0 aliphatic rings. The topological polar surface area (TPSA) is 63.6 Å². The van der Waals surface area contributed by atoms with Crippen LogP contribution in [-0.4, -0.2) is 23.1 Å². The molecule has 0 saturated carbocycles. The average molecular weight is 292 g/mol. The Morgan fingerprint density at radius 1 is 1.14 bits per heavy atom. The molecule has 0 unspecified atom stereocenters. The van der Waals surface area contributed by atoms with Crippen LogP contribution in [0.2, 0.25) is 0 Å². The van der Waals surface area contributed by atoms with Crippen LogP contribution in [0.25, 0.3) is 0 Å². The molecule has 0 spiro atoms. The average Bonchev–Trinajstić information content (AvgIpc) is 2.36. The molecule has 1 aromatic carbocycles. The maximum absolute atomic E-state index is 12.3. The molecule has 4 nitrogen and oxygen atoms in total. The van der Waals surface area contributed by atoms with Gasteiger partial charge in [-0.05, 0) is 29.9 Å². The molecule has 0 saturated heterocycles. The highest BCUT2D eigenvalue weighted by Gasteiger charge is 2.30. The molecule has 1 aromatic rings. The van der Waals surface area contributed by atoms with Gasteiger partial charge in [-0.2, -0.15) is 0 Å². The van der Waals surface area contributed by atoms with E-state index in [9.17, 15) is 9.59 Å². The first kappa shape index (κ1) is 17.2. The molecule has 21 heavy (non-hydrogen) atoms. The predicted octanol–water partition coefficient (Wildman–Crippen LogP) is 4.00. The normalized spacial score (nSPS) is 13.0. The molecule has 1 N–H and O–H groups in total. The van der Waals surface area contributed by atoms with E-state index in [0.29, 0.717) is 5.92 Å². The van der Waals surface area contributed by atoms with Crippen molar-refractivity contribution in [3.63, 3.8) is 0 Å². The zero-order valence-electron chi connectivity index (χ0n) is 13.3. The Morgan fingerprint density at radius 3 is 2.10 bits per heavy atom. The van der Waals surface area contributed by atoms with Crippen LogP contribution in [0.3, 0.4) is 0 Å². The molecule has 116 valence electrons. The first-order valence-electron chi connectivity index (χ1n) is 7.16. The van der Waals surface area contributed by atoms with E-state index >= 15 is 0 Å². The number of carbonyl (C=O) groups excluding carboxylic acids is 1. The van der Waals surface area contributed by atoms with Crippen LogP contribution >= 0.6 is 0 Å². The van der Waals surface area contributed by atoms with Crippen LogP contribution < -0.4 is 0 Å². The summed E-state index contributed by atoms with van der Waals surface area (Å²) in [5, 5.41) is 9.15. The molecule has 0 aliphatic carbocycles. The van der Waals surface area contributed by atoms with Gasteiger partial charge in [0.05, 0.1) is 11.1 Å². The highest BCUT2D eigenvalue weighted by molar-refractivity contribution is 6.02. The third kappa shape index (κ3) is 4.88. The summed E-state index contributed by atoms with van der Waals surface area (Å²) in [6.45, 7) is 10.2. The summed E-state index contributed by atoms with van der Waals surface area (Å²) in [5.41, 5.74) is -0.124. The summed E-state index contributed by atoms with van der Waals surface area (Å²) >= 11 is 0. The van der Waals surface area contributed by atoms with Crippen LogP contribution in [0.1, 0.15) is 61.8 Å². The molecule has 1 rings (SSSR count). The summed E-state index contributed by atoms with van der Waals surface area (Å²) in [4.78, 5) is 23.5. The maximum Gasteiger partial charge on any atom is 0.339 e. The lowest BCUT2D eigenvalue weighted by molar-refractivity contribution is -0.0108. The Morgan fingerprint density at radius 2 is 1.67 bits per heavy atom. The second-order valence-electron chi connectivity index (χ2n) is 6.74. The smallest absolute Gasteiger partial charge is 0.339 e. The van der Waals surface area contributed by atoms with E-state index in [2.05, 4.69) is 13.8 Å². The van der Waals surface area contributed by atoms with Gasteiger partial charge >= 0.3 is 11.9 Å². The summed E-state index contributed by atoms with van der Waals surface area (Å²) in [7, 11) is 0. The second-order valence-corrected chi connectivity index (χ2v) is 6.74. The quantitative estimate of drug-likeness (QED) is 0.833. The van der Waals surface area contributed by atoms with E-state index in [-0.39, 0.29) is 22.6 Å². The first-order valence-corrected chi connectivity index (χ1v) is 7.16. The van der Waals surface area contributed by atoms with E-state index < -0.39 is 11.9 Å². The summed E-state index contributed by atoms with van der Waals surface area (Å²) in [5.74, 6) is -1.32. The van der Waals surface area contributed by atoms with E-state index in [1.54, 1.807) is 12.1 Å². The second kappa shape index (κ2) is 6.74. The number of benzene rings is 1. The van der Waals surface area contributed by atoms with Gasteiger partial charge in [0.15, 0.2) is 0 Å². The van der Waals surface area contributed by atoms with Crippen LogP contribution in [0, 0.1) is 11.3 Å². The Labute approximate surface area is 126 Å². The van der Waals surface area contributed by atoms with Gasteiger partial charge in [0, 0.05) is 0 Å². The summed E-state index contributed by atoms with van der Waals surface area (Å²) in [6.07, 6.45) is 0.483. The van der Waals surface area contributed by atoms with Crippen LogP contribution in [0.5, 0.6) is 0 Å². The maximum atomic E-state index is 12.3. The molecule has 0 heterocycles. The van der Waals surface area contributed by atoms with Crippen molar-refractivity contribution in [1.82, 2.24) is 0 Å². The number of ether oxygens (including phenoxy) is 1. The fraction of sp³-hybridized carbons (Fsp3) is 0.529. The number of hydrogen-bond acceptors (Lipinski definition) is 3. The number of carboxylic acids is 1. The highest BCUT2D eigenvalue weighted by atomic mass is 16.5. The summed E-state index contributed by atoms with van der Waals surface area (Å²) in [6, 6.07) is 6.13. The zero-order chi connectivity index (χ0) is 16.2. The summed E-state index contributed by atoms with van der Waals surface area (Å²) < 4.78 is 5.60. The number of hydrogen-bond donors (Lipinski definition) is 1. The molecule has 0 aromatic heterocycles. The number of rotatable bonds is 5. The van der Waals surface area contributed by atoms with Crippen LogP contribution in [0.15, 0.2) is 24.3 Å². The molecule has 0 fully saturated rings. The SMILES string of the molecule is CC(C)C[C@H](OC(=O)c1ccccc1C(=O)O)C(C)(C)C. The van der Waals surface area contributed by atoms with E-state index in [0.717, 1.165) is 6.42 Å². The minimum atomic E-state index is -1.13. The molecule has 0 bridgehead atoms. The van der Waals surface area contributed by atoms with Crippen LogP contribution in [-0.2, 0) is 4.74 Å². The molecule has 0 radical (unpaired) electrons. The standard InChI is InChI=1S/C17H24O4/c1-11(2)10-14(17(3,4)5)21-16(20)13-9-7-6-8-12(13)15(18)19/h6-9,11,14H,10H2,1-5H3,(H,18,19)/t14-/m0/s1. The van der Waals surface area contributed by atoms with Crippen molar-refractivity contribution in [1.29, 1.82) is 0 Å². The number of carbonyl (C=O) groups is 2. The Balaban J connectivity index is 3.00. The van der Waals surface area contributed by atoms with Crippen molar-refractivity contribution in [2.45, 2.75) is 47.1 Å². The van der Waals surface area contributed by atoms with Gasteiger partial charge in [-0.1, -0.05) is 46.8 Å². The fourth-order valence-electron chi connectivity index (χ4n) is 2.05. The first-order chi connectivity index (χ1) is 9.62. The Bertz CT molecular complexity index is 512. The van der Waals surface area contributed by atoms with Gasteiger partial charge in [0.2, 0.25) is 0 Å². The lowest BCUT2D eigenvalue weighted by Crippen LogP contribution is -2.33. The van der Waals surface area contributed by atoms with Gasteiger partial charge in [0.25, 0.3) is 0 Å². The molecular weight excluding hydrogens is 268 g/mol. The van der Waals surface area contributed by atoms with E-state index in [4.69, 9.17) is 9.84 Å². The highest BCUT2D eigenvalue weighted by Crippen LogP contribution is 2.28. The van der Waals surface area contributed by atoms with Crippen molar-refractivity contribution in [3.05, 3.63) is 35.4 Å². The molecule has 0 amide bonds. The minimum absolute atomic E-state index is 0.0280. The predicted molar refractivity (Wildman–Crippen MR) is 81.5 cm³/mol. The van der Waals surface area contributed by atoms with Crippen molar-refractivity contribution in [2.24, 2.45) is 11.3 Å². The molecule has 1 atom stereocenters. The third-order valence-electron chi connectivity index (χ3n) is 3.28. The Kier molecular flexibility index (Phi) is 5.53. The largest absolute Gasteiger partial charge is 0.478 e. The minimum Gasteiger partial charge on any atom is -0.478 e. The van der Waals surface area contributed by atoms with Crippen molar-refractivity contribution >= 4 is 11.9 Å². The number of carboxylic acid groups (broad SMARTS) is 1. The van der Waals surface area contributed by atoms with Crippen LogP contribution in [0.4, 0.5) is 0 Å². The van der Waals surface area contributed by atoms with Gasteiger partial charge < -0.3 is 9.84 Å². The molecular formula is C17H24O4. The third-order valence-corrected chi connectivity index (χ3v) is 3.28. The monoisotopic (exact) mass is 292 g/mol. The van der Waals surface area contributed by atoms with Gasteiger partial charge in [-0.25, -0.2) is 9.59 Å². The van der Waals surface area contributed by atoms with E-state index in [1.165, 1.54) is 12.1 Å². The molecule has 4 heteroatoms. The zero-order valence-corrected chi connectivity index (χ0v) is 13.3. The molecule has 0 aliphatic heterocycles. The number of esters is 1. The Hall–Kier alpha value is -1.84. The van der Waals surface area contributed by atoms with E-state index in [1.807, 2.05) is 20.8 Å². The lowest BCUT2D eigenvalue weighted by atomic mass is 9.84. The van der Waals surface area contributed by atoms with Gasteiger partial charge in [0.1, 0.15) is 6.10 Å². The van der Waals surface area contributed by atoms with Crippen molar-refractivity contribution < 1.29 is 19.4 Å². The van der Waals surface area contributed by atoms with Gasteiger partial charge in [-0.3, -0.25) is 0 Å². The number of aromatic carboxylic acids is 1.